The predicted molar refractivity (Wildman–Crippen MR) is 113 cm³/mol. The van der Waals surface area contributed by atoms with Crippen LogP contribution in [0.5, 0.6) is 0 Å². The lowest BCUT2D eigenvalue weighted by Crippen LogP contribution is -2.38. The second kappa shape index (κ2) is 10.0. The Kier molecular flexibility index (Phi) is 7.21. The van der Waals surface area contributed by atoms with Gasteiger partial charge in [-0.05, 0) is 31.0 Å². The molecule has 0 unspecified atom stereocenters. The van der Waals surface area contributed by atoms with Gasteiger partial charge in [-0.3, -0.25) is 4.79 Å². The maximum Gasteiger partial charge on any atom is 0.228 e. The van der Waals surface area contributed by atoms with Crippen molar-refractivity contribution in [3.8, 4) is 0 Å². The standard InChI is InChI=1S/C21H30N6O2/c1-4-22-21(23-12-11-18-25-20(15(2)3)26-29-18)24-14-16-7-9-17(10-8-16)27-13-5-6-19(27)28/h7-10,15H,4-6,11-14H2,1-3H3,(H2,22,23,24). The number of anilines is 1. The first-order valence-electron chi connectivity index (χ1n) is 10.3. The summed E-state index contributed by atoms with van der Waals surface area (Å²) in [6.07, 6.45) is 2.22. The van der Waals surface area contributed by atoms with Crippen LogP contribution in [0.3, 0.4) is 0 Å². The summed E-state index contributed by atoms with van der Waals surface area (Å²) in [5.41, 5.74) is 2.06. The molecule has 29 heavy (non-hydrogen) atoms. The molecular weight excluding hydrogens is 368 g/mol. The minimum Gasteiger partial charge on any atom is -0.357 e. The number of nitrogens with zero attached hydrogens (tertiary/aromatic N) is 4. The number of guanidine groups is 1. The molecule has 2 aromatic rings. The average Bonchev–Trinajstić information content (AvgIpc) is 3.36. The monoisotopic (exact) mass is 398 g/mol. The van der Waals surface area contributed by atoms with Gasteiger partial charge in [-0.15, -0.1) is 0 Å². The largest absolute Gasteiger partial charge is 0.357 e. The van der Waals surface area contributed by atoms with Gasteiger partial charge in [0.05, 0.1) is 6.54 Å². The fraction of sp³-hybridized carbons (Fsp3) is 0.524. The molecule has 0 saturated carbocycles. The van der Waals surface area contributed by atoms with Crippen LogP contribution in [0.2, 0.25) is 0 Å². The molecule has 1 amide bonds. The van der Waals surface area contributed by atoms with Gasteiger partial charge in [-0.1, -0.05) is 31.1 Å². The van der Waals surface area contributed by atoms with E-state index in [0.717, 1.165) is 42.5 Å². The van der Waals surface area contributed by atoms with Crippen molar-refractivity contribution in [3.63, 3.8) is 0 Å². The van der Waals surface area contributed by atoms with E-state index in [1.807, 2.05) is 49.9 Å². The second-order valence-electron chi connectivity index (χ2n) is 7.39. The summed E-state index contributed by atoms with van der Waals surface area (Å²) in [4.78, 5) is 22.7. The highest BCUT2D eigenvalue weighted by Crippen LogP contribution is 2.21. The van der Waals surface area contributed by atoms with Crippen LogP contribution in [0.4, 0.5) is 5.69 Å². The molecule has 1 aromatic carbocycles. The highest BCUT2D eigenvalue weighted by Gasteiger charge is 2.21. The minimum absolute atomic E-state index is 0.205. The Morgan fingerprint density at radius 3 is 2.69 bits per heavy atom. The van der Waals surface area contributed by atoms with Crippen molar-refractivity contribution in [2.75, 3.05) is 24.5 Å². The molecule has 8 nitrogen and oxygen atoms in total. The fourth-order valence-electron chi connectivity index (χ4n) is 3.11. The summed E-state index contributed by atoms with van der Waals surface area (Å²) in [6.45, 7) is 8.91. The lowest BCUT2D eigenvalue weighted by Gasteiger charge is -2.15. The number of aromatic nitrogens is 2. The summed E-state index contributed by atoms with van der Waals surface area (Å²) < 4.78 is 5.27. The van der Waals surface area contributed by atoms with E-state index in [4.69, 9.17) is 4.52 Å². The van der Waals surface area contributed by atoms with E-state index in [-0.39, 0.29) is 11.8 Å². The van der Waals surface area contributed by atoms with Gasteiger partial charge in [0.15, 0.2) is 11.8 Å². The fourth-order valence-corrected chi connectivity index (χ4v) is 3.11. The van der Waals surface area contributed by atoms with Gasteiger partial charge >= 0.3 is 0 Å². The van der Waals surface area contributed by atoms with Gasteiger partial charge in [-0.25, -0.2) is 4.99 Å². The van der Waals surface area contributed by atoms with E-state index in [2.05, 4.69) is 25.8 Å². The Morgan fingerprint density at radius 1 is 1.28 bits per heavy atom. The second-order valence-corrected chi connectivity index (χ2v) is 7.39. The molecule has 0 bridgehead atoms. The number of carbonyl (C=O) groups excluding carboxylic acids is 1. The van der Waals surface area contributed by atoms with Crippen LogP contribution in [0.25, 0.3) is 0 Å². The van der Waals surface area contributed by atoms with Crippen molar-refractivity contribution in [2.45, 2.75) is 52.5 Å². The first kappa shape index (κ1) is 20.8. The van der Waals surface area contributed by atoms with E-state index in [9.17, 15) is 4.79 Å². The van der Waals surface area contributed by atoms with Crippen LogP contribution in [0.1, 0.15) is 56.8 Å². The third kappa shape index (κ3) is 5.79. The van der Waals surface area contributed by atoms with Gasteiger partial charge in [0.1, 0.15) is 0 Å². The van der Waals surface area contributed by atoms with Crippen LogP contribution in [-0.2, 0) is 17.8 Å². The summed E-state index contributed by atoms with van der Waals surface area (Å²) in [6, 6.07) is 8.05. The summed E-state index contributed by atoms with van der Waals surface area (Å²) in [7, 11) is 0. The third-order valence-electron chi connectivity index (χ3n) is 4.72. The smallest absolute Gasteiger partial charge is 0.228 e. The molecule has 3 rings (SSSR count). The molecule has 0 aliphatic carbocycles. The van der Waals surface area contributed by atoms with Crippen molar-refractivity contribution in [3.05, 3.63) is 41.5 Å². The molecule has 1 aromatic heterocycles. The molecule has 156 valence electrons. The van der Waals surface area contributed by atoms with E-state index < -0.39 is 0 Å². The molecule has 0 atom stereocenters. The van der Waals surface area contributed by atoms with E-state index in [0.29, 0.717) is 31.8 Å². The maximum absolute atomic E-state index is 11.9. The normalized spacial score (nSPS) is 14.7. The zero-order valence-corrected chi connectivity index (χ0v) is 17.4. The van der Waals surface area contributed by atoms with Crippen molar-refractivity contribution in [1.82, 2.24) is 20.8 Å². The molecule has 2 heterocycles. The molecule has 8 heteroatoms. The zero-order valence-electron chi connectivity index (χ0n) is 17.4. The molecule has 0 radical (unpaired) electrons. The van der Waals surface area contributed by atoms with E-state index in [1.165, 1.54) is 0 Å². The average molecular weight is 399 g/mol. The Labute approximate surface area is 171 Å². The number of rotatable bonds is 8. The number of amides is 1. The number of benzene rings is 1. The Bertz CT molecular complexity index is 828. The number of aliphatic imine (C=N–C) groups is 1. The highest BCUT2D eigenvalue weighted by atomic mass is 16.5. The first-order chi connectivity index (χ1) is 14.1. The Hall–Kier alpha value is -2.90. The molecule has 1 fully saturated rings. The third-order valence-corrected chi connectivity index (χ3v) is 4.72. The SMILES string of the molecule is CCNC(=NCc1ccc(N2CCCC2=O)cc1)NCCc1nc(C(C)C)no1. The molecule has 1 aliphatic rings. The molecular formula is C21H30N6O2. The number of nitrogens with one attached hydrogen (secondary N) is 2. The topological polar surface area (TPSA) is 95.7 Å². The van der Waals surface area contributed by atoms with E-state index in [1.54, 1.807) is 0 Å². The van der Waals surface area contributed by atoms with Crippen molar-refractivity contribution < 1.29 is 9.32 Å². The van der Waals surface area contributed by atoms with E-state index >= 15 is 0 Å². The number of hydrogen-bond donors (Lipinski definition) is 2. The van der Waals surface area contributed by atoms with Gasteiger partial charge in [0, 0.05) is 44.1 Å². The van der Waals surface area contributed by atoms with Gasteiger partial charge in [-0.2, -0.15) is 4.98 Å². The van der Waals surface area contributed by atoms with Crippen molar-refractivity contribution >= 4 is 17.6 Å². The van der Waals surface area contributed by atoms with Crippen molar-refractivity contribution in [1.29, 1.82) is 0 Å². The highest BCUT2D eigenvalue weighted by molar-refractivity contribution is 5.95. The van der Waals surface area contributed by atoms with Gasteiger partial charge < -0.3 is 20.1 Å². The lowest BCUT2D eigenvalue weighted by molar-refractivity contribution is -0.117. The molecule has 1 aliphatic heterocycles. The lowest BCUT2D eigenvalue weighted by atomic mass is 10.2. The molecule has 1 saturated heterocycles. The quantitative estimate of drug-likeness (QED) is 0.524. The van der Waals surface area contributed by atoms with Crippen LogP contribution < -0.4 is 15.5 Å². The van der Waals surface area contributed by atoms with Gasteiger partial charge in [0.2, 0.25) is 11.8 Å². The van der Waals surface area contributed by atoms with Crippen molar-refractivity contribution in [2.24, 2.45) is 4.99 Å². The van der Waals surface area contributed by atoms with Crippen LogP contribution >= 0.6 is 0 Å². The number of carbonyl (C=O) groups is 1. The number of hydrogen-bond acceptors (Lipinski definition) is 5. The molecule has 0 spiro atoms. The summed E-state index contributed by atoms with van der Waals surface area (Å²) in [5.74, 6) is 2.57. The minimum atomic E-state index is 0.205. The summed E-state index contributed by atoms with van der Waals surface area (Å²) >= 11 is 0. The first-order valence-corrected chi connectivity index (χ1v) is 10.3. The molecule has 2 N–H and O–H groups in total. The maximum atomic E-state index is 11.9. The van der Waals surface area contributed by atoms with Crippen LogP contribution in [0, 0.1) is 0 Å². The summed E-state index contributed by atoms with van der Waals surface area (Å²) in [5, 5.41) is 10.5. The Balaban J connectivity index is 1.52. The van der Waals surface area contributed by atoms with Crippen LogP contribution in [0.15, 0.2) is 33.8 Å². The van der Waals surface area contributed by atoms with Crippen LogP contribution in [-0.4, -0.2) is 41.6 Å². The Morgan fingerprint density at radius 2 is 2.07 bits per heavy atom. The predicted octanol–water partition coefficient (Wildman–Crippen LogP) is 2.62. The van der Waals surface area contributed by atoms with Gasteiger partial charge in [0.25, 0.3) is 0 Å². The zero-order chi connectivity index (χ0) is 20.6.